The van der Waals surface area contributed by atoms with Gasteiger partial charge in [0.15, 0.2) is 0 Å². The van der Waals surface area contributed by atoms with Crippen molar-refractivity contribution in [2.24, 2.45) is 0 Å². The summed E-state index contributed by atoms with van der Waals surface area (Å²) < 4.78 is 0. The van der Waals surface area contributed by atoms with Gasteiger partial charge in [0.25, 0.3) is 0 Å². The third-order valence-corrected chi connectivity index (χ3v) is 5.07. The minimum absolute atomic E-state index is 0.276. The smallest absolute Gasteiger partial charge is 0.222 e. The van der Waals surface area contributed by atoms with Crippen LogP contribution in [0.2, 0.25) is 0 Å². The van der Waals surface area contributed by atoms with Crippen molar-refractivity contribution in [3.05, 3.63) is 52.0 Å². The van der Waals surface area contributed by atoms with Gasteiger partial charge in [0.2, 0.25) is 5.91 Å². The second kappa shape index (κ2) is 7.70. The maximum absolute atomic E-state index is 12.3. The highest BCUT2D eigenvalue weighted by atomic mass is 32.1. The largest absolute Gasteiger partial charge is 0.340 e. The van der Waals surface area contributed by atoms with Crippen LogP contribution >= 0.6 is 11.3 Å². The number of nitrogens with zero attached hydrogens (tertiary/aromatic N) is 3. The van der Waals surface area contributed by atoms with E-state index in [0.717, 1.165) is 49.8 Å². The molecule has 1 amide bonds. The molecular weight excluding hydrogens is 306 g/mol. The van der Waals surface area contributed by atoms with Gasteiger partial charge < -0.3 is 4.90 Å². The predicted octanol–water partition coefficient (Wildman–Crippen LogP) is 2.73. The van der Waals surface area contributed by atoms with Gasteiger partial charge in [0.05, 0.1) is 10.7 Å². The van der Waals surface area contributed by atoms with Crippen LogP contribution in [0.4, 0.5) is 0 Å². The Morgan fingerprint density at radius 2 is 1.91 bits per heavy atom. The zero-order valence-electron chi connectivity index (χ0n) is 13.6. The lowest BCUT2D eigenvalue weighted by Crippen LogP contribution is -2.48. The van der Waals surface area contributed by atoms with Crippen molar-refractivity contribution in [1.29, 1.82) is 0 Å². The number of thiazole rings is 1. The van der Waals surface area contributed by atoms with E-state index in [1.54, 1.807) is 11.3 Å². The Kier molecular flexibility index (Phi) is 5.41. The molecule has 1 aromatic heterocycles. The molecule has 1 aliphatic rings. The summed E-state index contributed by atoms with van der Waals surface area (Å²) in [6.07, 6.45) is 1.44. The molecule has 1 aliphatic heterocycles. The SMILES string of the molecule is Cc1nc(CN2CCN(C(=O)CCc3ccccc3)CC2)cs1. The highest BCUT2D eigenvalue weighted by molar-refractivity contribution is 7.09. The molecule has 0 radical (unpaired) electrons. The van der Waals surface area contributed by atoms with Crippen LogP contribution in [-0.4, -0.2) is 46.9 Å². The Hall–Kier alpha value is -1.72. The average molecular weight is 329 g/mol. The Balaban J connectivity index is 1.42. The molecule has 0 N–H and O–H groups in total. The molecule has 0 bridgehead atoms. The van der Waals surface area contributed by atoms with Crippen molar-refractivity contribution in [2.45, 2.75) is 26.3 Å². The average Bonchev–Trinajstić information content (AvgIpc) is 2.99. The monoisotopic (exact) mass is 329 g/mol. The van der Waals surface area contributed by atoms with E-state index >= 15 is 0 Å². The number of piperazine rings is 1. The van der Waals surface area contributed by atoms with Gasteiger partial charge in [0, 0.05) is 44.5 Å². The summed E-state index contributed by atoms with van der Waals surface area (Å²) in [6.45, 7) is 6.47. The van der Waals surface area contributed by atoms with Crippen molar-refractivity contribution in [1.82, 2.24) is 14.8 Å². The summed E-state index contributed by atoms with van der Waals surface area (Å²) in [4.78, 5) is 21.2. The van der Waals surface area contributed by atoms with Crippen LogP contribution in [-0.2, 0) is 17.8 Å². The van der Waals surface area contributed by atoms with Crippen LogP contribution in [0.5, 0.6) is 0 Å². The molecule has 1 aromatic carbocycles. The normalized spacial score (nSPS) is 15.8. The van der Waals surface area contributed by atoms with E-state index in [0.29, 0.717) is 6.42 Å². The van der Waals surface area contributed by atoms with E-state index in [4.69, 9.17) is 0 Å². The zero-order valence-corrected chi connectivity index (χ0v) is 14.4. The summed E-state index contributed by atoms with van der Waals surface area (Å²) in [7, 11) is 0. The summed E-state index contributed by atoms with van der Waals surface area (Å²) in [5.41, 5.74) is 2.38. The maximum Gasteiger partial charge on any atom is 0.222 e. The molecule has 0 aliphatic carbocycles. The van der Waals surface area contributed by atoms with E-state index in [2.05, 4.69) is 27.4 Å². The molecule has 2 heterocycles. The van der Waals surface area contributed by atoms with Gasteiger partial charge in [-0.05, 0) is 18.9 Å². The van der Waals surface area contributed by atoms with Crippen LogP contribution in [0.25, 0.3) is 0 Å². The van der Waals surface area contributed by atoms with Gasteiger partial charge in [-0.15, -0.1) is 11.3 Å². The fourth-order valence-electron chi connectivity index (χ4n) is 2.92. The van der Waals surface area contributed by atoms with Crippen LogP contribution in [0, 0.1) is 6.92 Å². The highest BCUT2D eigenvalue weighted by Crippen LogP contribution is 2.13. The molecule has 0 spiro atoms. The van der Waals surface area contributed by atoms with Crippen LogP contribution < -0.4 is 0 Å². The first-order chi connectivity index (χ1) is 11.2. The van der Waals surface area contributed by atoms with Gasteiger partial charge in [-0.25, -0.2) is 4.98 Å². The van der Waals surface area contributed by atoms with Crippen LogP contribution in [0.1, 0.15) is 22.7 Å². The molecule has 0 unspecified atom stereocenters. The second-order valence-electron chi connectivity index (χ2n) is 6.00. The lowest BCUT2D eigenvalue weighted by molar-refractivity contribution is -0.133. The van der Waals surface area contributed by atoms with E-state index in [-0.39, 0.29) is 5.91 Å². The van der Waals surface area contributed by atoms with Crippen molar-refractivity contribution in [3.8, 4) is 0 Å². The minimum atomic E-state index is 0.276. The number of hydrogen-bond donors (Lipinski definition) is 0. The first kappa shape index (κ1) is 16.1. The molecule has 0 atom stereocenters. The Morgan fingerprint density at radius 3 is 2.57 bits per heavy atom. The standard InChI is InChI=1S/C18H23N3OS/c1-15-19-17(14-23-15)13-20-9-11-21(12-10-20)18(22)8-7-16-5-3-2-4-6-16/h2-6,14H,7-13H2,1H3. The van der Waals surface area contributed by atoms with Gasteiger partial charge in [-0.2, -0.15) is 0 Å². The first-order valence-corrected chi connectivity index (χ1v) is 9.04. The van der Waals surface area contributed by atoms with Gasteiger partial charge in [-0.3, -0.25) is 9.69 Å². The van der Waals surface area contributed by atoms with Crippen molar-refractivity contribution in [3.63, 3.8) is 0 Å². The molecule has 1 fully saturated rings. The number of hydrogen-bond acceptors (Lipinski definition) is 4. The van der Waals surface area contributed by atoms with Gasteiger partial charge in [-0.1, -0.05) is 30.3 Å². The topological polar surface area (TPSA) is 36.4 Å². The number of amides is 1. The van der Waals surface area contributed by atoms with E-state index in [1.807, 2.05) is 30.0 Å². The van der Waals surface area contributed by atoms with Crippen LogP contribution in [0.3, 0.4) is 0 Å². The van der Waals surface area contributed by atoms with Crippen molar-refractivity contribution in [2.75, 3.05) is 26.2 Å². The fourth-order valence-corrected chi connectivity index (χ4v) is 3.52. The number of carbonyl (C=O) groups excluding carboxylic acids is 1. The van der Waals surface area contributed by atoms with E-state index < -0.39 is 0 Å². The van der Waals surface area contributed by atoms with E-state index in [9.17, 15) is 4.79 Å². The number of carbonyl (C=O) groups is 1. The molecular formula is C18H23N3OS. The van der Waals surface area contributed by atoms with Crippen molar-refractivity contribution >= 4 is 17.2 Å². The molecule has 122 valence electrons. The third-order valence-electron chi connectivity index (χ3n) is 4.25. The third kappa shape index (κ3) is 4.62. The van der Waals surface area contributed by atoms with Gasteiger partial charge in [0.1, 0.15) is 0 Å². The lowest BCUT2D eigenvalue weighted by atomic mass is 10.1. The molecule has 5 heteroatoms. The molecule has 1 saturated heterocycles. The summed E-state index contributed by atoms with van der Waals surface area (Å²) in [6, 6.07) is 10.2. The molecule has 0 saturated carbocycles. The van der Waals surface area contributed by atoms with Gasteiger partial charge >= 0.3 is 0 Å². The maximum atomic E-state index is 12.3. The summed E-state index contributed by atoms with van der Waals surface area (Å²) in [5.74, 6) is 0.276. The van der Waals surface area contributed by atoms with Crippen LogP contribution in [0.15, 0.2) is 35.7 Å². The summed E-state index contributed by atoms with van der Waals surface area (Å²) in [5, 5.41) is 3.25. The number of rotatable bonds is 5. The molecule has 4 nitrogen and oxygen atoms in total. The highest BCUT2D eigenvalue weighted by Gasteiger charge is 2.21. The molecule has 2 aromatic rings. The first-order valence-electron chi connectivity index (χ1n) is 8.16. The second-order valence-corrected chi connectivity index (χ2v) is 7.06. The fraction of sp³-hybridized carbons (Fsp3) is 0.444. The lowest BCUT2D eigenvalue weighted by Gasteiger charge is -2.34. The number of aryl methyl sites for hydroxylation is 2. The molecule has 23 heavy (non-hydrogen) atoms. The van der Waals surface area contributed by atoms with Crippen molar-refractivity contribution < 1.29 is 4.79 Å². The Labute approximate surface area is 141 Å². The Bertz CT molecular complexity index is 633. The predicted molar refractivity (Wildman–Crippen MR) is 93.5 cm³/mol. The minimum Gasteiger partial charge on any atom is -0.340 e. The number of benzene rings is 1. The quantitative estimate of drug-likeness (QED) is 0.846. The summed E-state index contributed by atoms with van der Waals surface area (Å²) >= 11 is 1.70. The Morgan fingerprint density at radius 1 is 1.17 bits per heavy atom. The molecule has 3 rings (SSSR count). The number of aromatic nitrogens is 1. The zero-order chi connectivity index (χ0) is 16.1. The van der Waals surface area contributed by atoms with E-state index in [1.165, 1.54) is 5.56 Å².